The average Bonchev–Trinajstić information content (AvgIpc) is 2.65. The summed E-state index contributed by atoms with van der Waals surface area (Å²) in [6.07, 6.45) is 5.49. The average molecular weight is 198 g/mol. The molecule has 0 aromatic carbocycles. The molecule has 1 fully saturated rings. The van der Waals surface area contributed by atoms with E-state index in [1.54, 1.807) is 0 Å². The molecular weight excluding hydrogens is 172 g/mol. The first-order valence-corrected chi connectivity index (χ1v) is 6.26. The summed E-state index contributed by atoms with van der Waals surface area (Å²) in [6.45, 7) is 10.9. The highest BCUT2D eigenvalue weighted by atomic mass is 15.1. The Kier molecular flexibility index (Phi) is 6.20. The molecule has 1 atom stereocenters. The zero-order chi connectivity index (χ0) is 10.2. The molecule has 1 heterocycles. The Bertz CT molecular complexity index is 130. The molecule has 2 heteroatoms. The SMILES string of the molecule is CCCC(C)CNCCN1CCCC1. The van der Waals surface area contributed by atoms with Crippen LogP contribution in [0.2, 0.25) is 0 Å². The normalized spacial score (nSPS) is 20.1. The zero-order valence-corrected chi connectivity index (χ0v) is 9.89. The minimum Gasteiger partial charge on any atom is -0.315 e. The van der Waals surface area contributed by atoms with Crippen molar-refractivity contribution in [2.45, 2.75) is 39.5 Å². The maximum atomic E-state index is 3.56. The lowest BCUT2D eigenvalue weighted by Crippen LogP contribution is -2.32. The molecule has 0 radical (unpaired) electrons. The van der Waals surface area contributed by atoms with Gasteiger partial charge >= 0.3 is 0 Å². The monoisotopic (exact) mass is 198 g/mol. The summed E-state index contributed by atoms with van der Waals surface area (Å²) < 4.78 is 0. The Hall–Kier alpha value is -0.0800. The molecule has 1 N–H and O–H groups in total. The van der Waals surface area contributed by atoms with Crippen LogP contribution < -0.4 is 5.32 Å². The summed E-state index contributed by atoms with van der Waals surface area (Å²) in [5.41, 5.74) is 0. The van der Waals surface area contributed by atoms with Crippen LogP contribution in [0.15, 0.2) is 0 Å². The highest BCUT2D eigenvalue weighted by Crippen LogP contribution is 2.06. The molecule has 84 valence electrons. The molecule has 1 aliphatic rings. The predicted octanol–water partition coefficient (Wildman–Crippen LogP) is 2.11. The fourth-order valence-electron chi connectivity index (χ4n) is 2.19. The molecule has 0 aromatic rings. The van der Waals surface area contributed by atoms with Gasteiger partial charge in [-0.25, -0.2) is 0 Å². The maximum Gasteiger partial charge on any atom is 0.0107 e. The number of hydrogen-bond acceptors (Lipinski definition) is 2. The van der Waals surface area contributed by atoms with Crippen molar-refractivity contribution in [1.82, 2.24) is 10.2 Å². The highest BCUT2D eigenvalue weighted by Gasteiger charge is 2.10. The molecule has 14 heavy (non-hydrogen) atoms. The van der Waals surface area contributed by atoms with Gasteiger partial charge in [0.1, 0.15) is 0 Å². The van der Waals surface area contributed by atoms with Crippen LogP contribution >= 0.6 is 0 Å². The molecule has 1 unspecified atom stereocenters. The standard InChI is InChI=1S/C12H26N2/c1-3-6-12(2)11-13-7-10-14-8-4-5-9-14/h12-13H,3-11H2,1-2H3. The van der Waals surface area contributed by atoms with Gasteiger partial charge in [0.25, 0.3) is 0 Å². The predicted molar refractivity (Wildman–Crippen MR) is 62.6 cm³/mol. The van der Waals surface area contributed by atoms with E-state index >= 15 is 0 Å². The van der Waals surface area contributed by atoms with Gasteiger partial charge in [0.2, 0.25) is 0 Å². The van der Waals surface area contributed by atoms with E-state index < -0.39 is 0 Å². The number of rotatable bonds is 7. The van der Waals surface area contributed by atoms with Crippen LogP contribution in [-0.2, 0) is 0 Å². The van der Waals surface area contributed by atoms with Gasteiger partial charge in [-0.1, -0.05) is 20.3 Å². The third kappa shape index (κ3) is 4.97. The number of hydrogen-bond donors (Lipinski definition) is 1. The van der Waals surface area contributed by atoms with Gasteiger partial charge in [0, 0.05) is 13.1 Å². The number of likely N-dealkylation sites (tertiary alicyclic amines) is 1. The third-order valence-electron chi connectivity index (χ3n) is 3.08. The zero-order valence-electron chi connectivity index (χ0n) is 9.89. The van der Waals surface area contributed by atoms with Crippen molar-refractivity contribution >= 4 is 0 Å². The maximum absolute atomic E-state index is 3.56. The highest BCUT2D eigenvalue weighted by molar-refractivity contribution is 4.67. The van der Waals surface area contributed by atoms with Crippen LogP contribution in [-0.4, -0.2) is 37.6 Å². The van der Waals surface area contributed by atoms with Crippen LogP contribution in [0.3, 0.4) is 0 Å². The topological polar surface area (TPSA) is 15.3 Å². The van der Waals surface area contributed by atoms with Crippen molar-refractivity contribution in [3.63, 3.8) is 0 Å². The summed E-state index contributed by atoms with van der Waals surface area (Å²) in [7, 11) is 0. The van der Waals surface area contributed by atoms with E-state index in [9.17, 15) is 0 Å². The van der Waals surface area contributed by atoms with Crippen molar-refractivity contribution in [2.24, 2.45) is 5.92 Å². The van der Waals surface area contributed by atoms with Crippen LogP contribution in [0.4, 0.5) is 0 Å². The van der Waals surface area contributed by atoms with Crippen molar-refractivity contribution in [3.05, 3.63) is 0 Å². The number of nitrogens with zero attached hydrogens (tertiary/aromatic N) is 1. The Morgan fingerprint density at radius 1 is 1.29 bits per heavy atom. The van der Waals surface area contributed by atoms with Crippen molar-refractivity contribution in [1.29, 1.82) is 0 Å². The second kappa shape index (κ2) is 7.24. The van der Waals surface area contributed by atoms with Crippen molar-refractivity contribution in [3.8, 4) is 0 Å². The molecule has 0 spiro atoms. The molecule has 0 aromatic heterocycles. The van der Waals surface area contributed by atoms with Crippen molar-refractivity contribution < 1.29 is 0 Å². The largest absolute Gasteiger partial charge is 0.315 e. The van der Waals surface area contributed by atoms with Crippen LogP contribution in [0.25, 0.3) is 0 Å². The minimum absolute atomic E-state index is 0.846. The smallest absolute Gasteiger partial charge is 0.0107 e. The molecule has 0 aliphatic carbocycles. The summed E-state index contributed by atoms with van der Waals surface area (Å²) >= 11 is 0. The first-order valence-electron chi connectivity index (χ1n) is 6.26. The summed E-state index contributed by atoms with van der Waals surface area (Å²) in [4.78, 5) is 2.57. The molecule has 0 saturated carbocycles. The molecule has 0 bridgehead atoms. The van der Waals surface area contributed by atoms with Crippen LogP contribution in [0.1, 0.15) is 39.5 Å². The van der Waals surface area contributed by atoms with E-state index in [1.807, 2.05) is 0 Å². The first kappa shape index (κ1) is 12.0. The van der Waals surface area contributed by atoms with Gasteiger partial charge in [-0.3, -0.25) is 0 Å². The van der Waals surface area contributed by atoms with Gasteiger partial charge < -0.3 is 10.2 Å². The third-order valence-corrected chi connectivity index (χ3v) is 3.08. The second-order valence-electron chi connectivity index (χ2n) is 4.65. The van der Waals surface area contributed by atoms with E-state index in [4.69, 9.17) is 0 Å². The molecule has 1 rings (SSSR count). The fraction of sp³-hybridized carbons (Fsp3) is 1.00. The Morgan fingerprint density at radius 3 is 2.64 bits per heavy atom. The van der Waals surface area contributed by atoms with Gasteiger partial charge in [-0.15, -0.1) is 0 Å². The Balaban J connectivity index is 1.88. The fourth-order valence-corrected chi connectivity index (χ4v) is 2.19. The van der Waals surface area contributed by atoms with Gasteiger partial charge in [-0.05, 0) is 44.8 Å². The lowest BCUT2D eigenvalue weighted by atomic mass is 10.1. The lowest BCUT2D eigenvalue weighted by Gasteiger charge is -2.16. The lowest BCUT2D eigenvalue weighted by molar-refractivity contribution is 0.330. The van der Waals surface area contributed by atoms with Crippen molar-refractivity contribution in [2.75, 3.05) is 32.7 Å². The summed E-state index contributed by atoms with van der Waals surface area (Å²) in [5.74, 6) is 0.846. The summed E-state index contributed by atoms with van der Waals surface area (Å²) in [6, 6.07) is 0. The van der Waals surface area contributed by atoms with Crippen LogP contribution in [0, 0.1) is 5.92 Å². The number of nitrogens with one attached hydrogen (secondary N) is 1. The van der Waals surface area contributed by atoms with E-state index in [0.29, 0.717) is 0 Å². The van der Waals surface area contributed by atoms with E-state index in [2.05, 4.69) is 24.1 Å². The van der Waals surface area contributed by atoms with Gasteiger partial charge in [-0.2, -0.15) is 0 Å². The van der Waals surface area contributed by atoms with Gasteiger partial charge in [0.05, 0.1) is 0 Å². The van der Waals surface area contributed by atoms with Gasteiger partial charge in [0.15, 0.2) is 0 Å². The quantitative estimate of drug-likeness (QED) is 0.630. The Labute approximate surface area is 89.1 Å². The minimum atomic E-state index is 0.846. The van der Waals surface area contributed by atoms with E-state index in [1.165, 1.54) is 58.4 Å². The van der Waals surface area contributed by atoms with Crippen LogP contribution in [0.5, 0.6) is 0 Å². The molecular formula is C12H26N2. The summed E-state index contributed by atoms with van der Waals surface area (Å²) in [5, 5.41) is 3.56. The van der Waals surface area contributed by atoms with E-state index in [-0.39, 0.29) is 0 Å². The molecule has 0 amide bonds. The Morgan fingerprint density at radius 2 is 2.00 bits per heavy atom. The molecule has 2 nitrogen and oxygen atoms in total. The molecule has 1 aliphatic heterocycles. The first-order chi connectivity index (χ1) is 6.83. The molecule has 1 saturated heterocycles. The second-order valence-corrected chi connectivity index (χ2v) is 4.65. The van der Waals surface area contributed by atoms with E-state index in [0.717, 1.165) is 5.92 Å².